The number of hydrogen-bond donors (Lipinski definition) is 1. The SMILES string of the molecule is Cc1ncsc1CN(C)C(CN)c1cc(F)ccc1Br. The summed E-state index contributed by atoms with van der Waals surface area (Å²) in [6.45, 7) is 3.17. The Kier molecular flexibility index (Phi) is 5.26. The summed E-state index contributed by atoms with van der Waals surface area (Å²) >= 11 is 5.10. The summed E-state index contributed by atoms with van der Waals surface area (Å²) in [5, 5.41) is 0. The van der Waals surface area contributed by atoms with Gasteiger partial charge in [0, 0.05) is 28.5 Å². The van der Waals surface area contributed by atoms with Gasteiger partial charge in [0.25, 0.3) is 0 Å². The van der Waals surface area contributed by atoms with Gasteiger partial charge in [0.2, 0.25) is 0 Å². The minimum absolute atomic E-state index is 0.0402. The van der Waals surface area contributed by atoms with Crippen molar-refractivity contribution in [2.75, 3.05) is 13.6 Å². The Labute approximate surface area is 130 Å². The van der Waals surface area contributed by atoms with Crippen LogP contribution in [0.1, 0.15) is 22.2 Å². The standard InChI is InChI=1S/C14H17BrFN3S/c1-9-14(20-8-18-9)7-19(2)13(6-17)11-5-10(16)3-4-12(11)15/h3-5,8,13H,6-7,17H2,1-2H3. The van der Waals surface area contributed by atoms with E-state index in [1.54, 1.807) is 17.4 Å². The van der Waals surface area contributed by atoms with Crippen LogP contribution in [0.25, 0.3) is 0 Å². The smallest absolute Gasteiger partial charge is 0.123 e. The number of aryl methyl sites for hydroxylation is 1. The van der Waals surface area contributed by atoms with Crippen LogP contribution in [-0.4, -0.2) is 23.5 Å². The molecule has 1 aromatic heterocycles. The maximum Gasteiger partial charge on any atom is 0.123 e. The zero-order valence-corrected chi connectivity index (χ0v) is 13.8. The number of likely N-dealkylation sites (N-methyl/N-ethyl adjacent to an activating group) is 1. The van der Waals surface area contributed by atoms with E-state index in [1.165, 1.54) is 17.0 Å². The van der Waals surface area contributed by atoms with Crippen LogP contribution < -0.4 is 5.73 Å². The van der Waals surface area contributed by atoms with E-state index in [2.05, 4.69) is 25.8 Å². The molecule has 0 amide bonds. The molecule has 6 heteroatoms. The fourth-order valence-corrected chi connectivity index (χ4v) is 3.48. The molecule has 0 fully saturated rings. The molecule has 1 heterocycles. The van der Waals surface area contributed by atoms with Gasteiger partial charge in [-0.05, 0) is 37.7 Å². The van der Waals surface area contributed by atoms with Crippen molar-refractivity contribution in [2.45, 2.75) is 19.5 Å². The molecule has 108 valence electrons. The average Bonchev–Trinajstić information content (AvgIpc) is 2.80. The van der Waals surface area contributed by atoms with E-state index in [9.17, 15) is 4.39 Å². The Morgan fingerprint density at radius 3 is 2.85 bits per heavy atom. The highest BCUT2D eigenvalue weighted by atomic mass is 79.9. The third-order valence-corrected chi connectivity index (χ3v) is 4.95. The summed E-state index contributed by atoms with van der Waals surface area (Å²) < 4.78 is 14.3. The molecule has 0 saturated carbocycles. The van der Waals surface area contributed by atoms with Crippen LogP contribution >= 0.6 is 27.3 Å². The molecule has 2 rings (SSSR count). The van der Waals surface area contributed by atoms with Crippen molar-refractivity contribution in [2.24, 2.45) is 5.73 Å². The molecule has 1 aromatic carbocycles. The first kappa shape index (κ1) is 15.6. The number of nitrogens with two attached hydrogens (primary N) is 1. The summed E-state index contributed by atoms with van der Waals surface area (Å²) in [7, 11) is 1.99. The van der Waals surface area contributed by atoms with Crippen molar-refractivity contribution in [3.05, 3.63) is 50.1 Å². The minimum Gasteiger partial charge on any atom is -0.329 e. The van der Waals surface area contributed by atoms with Crippen molar-refractivity contribution in [3.63, 3.8) is 0 Å². The van der Waals surface area contributed by atoms with Crippen LogP contribution in [0.2, 0.25) is 0 Å². The van der Waals surface area contributed by atoms with Crippen LogP contribution in [0.15, 0.2) is 28.2 Å². The average molecular weight is 358 g/mol. The monoisotopic (exact) mass is 357 g/mol. The van der Waals surface area contributed by atoms with Gasteiger partial charge in [0.05, 0.1) is 11.2 Å². The second kappa shape index (κ2) is 6.76. The zero-order valence-electron chi connectivity index (χ0n) is 11.4. The van der Waals surface area contributed by atoms with Gasteiger partial charge in [-0.2, -0.15) is 0 Å². The van der Waals surface area contributed by atoms with Crippen molar-refractivity contribution >= 4 is 27.3 Å². The van der Waals surface area contributed by atoms with E-state index < -0.39 is 0 Å². The summed E-state index contributed by atoms with van der Waals surface area (Å²) in [4.78, 5) is 7.58. The lowest BCUT2D eigenvalue weighted by atomic mass is 10.1. The topological polar surface area (TPSA) is 42.2 Å². The Morgan fingerprint density at radius 1 is 1.50 bits per heavy atom. The third kappa shape index (κ3) is 3.44. The predicted octanol–water partition coefficient (Wildman–Crippen LogP) is 3.48. The first-order valence-corrected chi connectivity index (χ1v) is 7.94. The maximum atomic E-state index is 13.5. The van der Waals surface area contributed by atoms with Crippen molar-refractivity contribution < 1.29 is 4.39 Å². The number of rotatable bonds is 5. The Bertz CT molecular complexity index is 588. The number of benzene rings is 1. The molecule has 1 unspecified atom stereocenters. The van der Waals surface area contributed by atoms with Gasteiger partial charge >= 0.3 is 0 Å². The van der Waals surface area contributed by atoms with Crippen LogP contribution in [-0.2, 0) is 6.54 Å². The summed E-state index contributed by atoms with van der Waals surface area (Å²) in [5.41, 5.74) is 9.65. The van der Waals surface area contributed by atoms with Gasteiger partial charge in [-0.25, -0.2) is 9.37 Å². The third-order valence-electron chi connectivity index (χ3n) is 3.31. The van der Waals surface area contributed by atoms with Gasteiger partial charge in [0.15, 0.2) is 0 Å². The molecule has 20 heavy (non-hydrogen) atoms. The molecule has 0 bridgehead atoms. The van der Waals surface area contributed by atoms with Gasteiger partial charge in [-0.3, -0.25) is 4.90 Å². The summed E-state index contributed by atoms with van der Waals surface area (Å²) in [6.07, 6.45) is 0. The Hall–Kier alpha value is -0.820. The van der Waals surface area contributed by atoms with Crippen molar-refractivity contribution in [3.8, 4) is 0 Å². The molecule has 2 N–H and O–H groups in total. The van der Waals surface area contributed by atoms with Gasteiger partial charge < -0.3 is 5.73 Å². The highest BCUT2D eigenvalue weighted by Crippen LogP contribution is 2.29. The van der Waals surface area contributed by atoms with E-state index in [-0.39, 0.29) is 11.9 Å². The molecular weight excluding hydrogens is 341 g/mol. The molecule has 0 aliphatic heterocycles. The first-order valence-electron chi connectivity index (χ1n) is 6.27. The second-order valence-electron chi connectivity index (χ2n) is 4.69. The van der Waals surface area contributed by atoms with E-state index >= 15 is 0 Å². The molecule has 1 atom stereocenters. The molecule has 0 saturated heterocycles. The number of aromatic nitrogens is 1. The number of hydrogen-bond acceptors (Lipinski definition) is 4. The summed E-state index contributed by atoms with van der Waals surface area (Å²) in [6, 6.07) is 4.66. The molecule has 0 aliphatic rings. The second-order valence-corrected chi connectivity index (χ2v) is 6.49. The number of thiazole rings is 1. The maximum absolute atomic E-state index is 13.5. The Morgan fingerprint density at radius 2 is 2.25 bits per heavy atom. The highest BCUT2D eigenvalue weighted by Gasteiger charge is 2.20. The van der Waals surface area contributed by atoms with Crippen LogP contribution in [0.4, 0.5) is 4.39 Å². The van der Waals surface area contributed by atoms with E-state index in [0.29, 0.717) is 6.54 Å². The van der Waals surface area contributed by atoms with Gasteiger partial charge in [-0.15, -0.1) is 11.3 Å². The summed E-state index contributed by atoms with van der Waals surface area (Å²) in [5.74, 6) is -0.246. The molecule has 3 nitrogen and oxygen atoms in total. The van der Waals surface area contributed by atoms with Crippen molar-refractivity contribution in [1.82, 2.24) is 9.88 Å². The molecular formula is C14H17BrFN3S. The van der Waals surface area contributed by atoms with Crippen LogP contribution in [0.5, 0.6) is 0 Å². The number of nitrogens with zero attached hydrogens (tertiary/aromatic N) is 2. The number of halogens is 2. The highest BCUT2D eigenvalue weighted by molar-refractivity contribution is 9.10. The zero-order chi connectivity index (χ0) is 14.7. The fraction of sp³-hybridized carbons (Fsp3) is 0.357. The predicted molar refractivity (Wildman–Crippen MR) is 84.2 cm³/mol. The van der Waals surface area contributed by atoms with Crippen LogP contribution in [0, 0.1) is 12.7 Å². The lowest BCUT2D eigenvalue weighted by Gasteiger charge is -2.28. The largest absolute Gasteiger partial charge is 0.329 e. The minimum atomic E-state index is -0.246. The van der Waals surface area contributed by atoms with Crippen molar-refractivity contribution in [1.29, 1.82) is 0 Å². The van der Waals surface area contributed by atoms with E-state index in [1.807, 2.05) is 19.5 Å². The lowest BCUT2D eigenvalue weighted by Crippen LogP contribution is -2.30. The lowest BCUT2D eigenvalue weighted by molar-refractivity contribution is 0.242. The fourth-order valence-electron chi connectivity index (χ4n) is 2.13. The molecule has 0 radical (unpaired) electrons. The molecule has 0 spiro atoms. The normalized spacial score (nSPS) is 12.9. The quantitative estimate of drug-likeness (QED) is 0.890. The first-order chi connectivity index (χ1) is 9.52. The Balaban J connectivity index is 2.23. The van der Waals surface area contributed by atoms with Crippen LogP contribution in [0.3, 0.4) is 0 Å². The van der Waals surface area contributed by atoms with Gasteiger partial charge in [-0.1, -0.05) is 15.9 Å². The molecule has 0 aliphatic carbocycles. The molecule has 2 aromatic rings. The van der Waals surface area contributed by atoms with E-state index in [0.717, 1.165) is 22.3 Å². The van der Waals surface area contributed by atoms with E-state index in [4.69, 9.17) is 5.73 Å². The van der Waals surface area contributed by atoms with Gasteiger partial charge in [0.1, 0.15) is 5.82 Å².